The first kappa shape index (κ1) is 21.5. The Kier molecular flexibility index (Phi) is 6.65. The van der Waals surface area contributed by atoms with Crippen LogP contribution in [0.5, 0.6) is 0 Å². The number of hydrogen-bond acceptors (Lipinski definition) is 7. The quantitative estimate of drug-likeness (QED) is 0.633. The van der Waals surface area contributed by atoms with Gasteiger partial charge in [0.1, 0.15) is 12.1 Å². The van der Waals surface area contributed by atoms with E-state index >= 15 is 0 Å². The van der Waals surface area contributed by atoms with Gasteiger partial charge in [0.25, 0.3) is 0 Å². The lowest BCUT2D eigenvalue weighted by molar-refractivity contribution is -0.198. The number of benzene rings is 2. The summed E-state index contributed by atoms with van der Waals surface area (Å²) < 4.78 is 10.6. The molecule has 4 atom stereocenters. The van der Waals surface area contributed by atoms with Crippen molar-refractivity contribution in [1.82, 2.24) is 9.96 Å². The van der Waals surface area contributed by atoms with Gasteiger partial charge < -0.3 is 9.47 Å². The second-order valence-electron chi connectivity index (χ2n) is 7.67. The fourth-order valence-electron chi connectivity index (χ4n) is 4.43. The van der Waals surface area contributed by atoms with Crippen molar-refractivity contribution < 1.29 is 23.9 Å². The molecule has 0 saturated carbocycles. The van der Waals surface area contributed by atoms with Crippen molar-refractivity contribution in [3.63, 3.8) is 0 Å². The van der Waals surface area contributed by atoms with Crippen LogP contribution in [-0.4, -0.2) is 53.9 Å². The van der Waals surface area contributed by atoms with Gasteiger partial charge in [-0.05, 0) is 25.0 Å². The summed E-state index contributed by atoms with van der Waals surface area (Å²) in [6, 6.07) is 19.9. The molecular formula is C24H28N2O5. The van der Waals surface area contributed by atoms with Gasteiger partial charge in [0.05, 0.1) is 19.3 Å². The van der Waals surface area contributed by atoms with Crippen molar-refractivity contribution in [2.24, 2.45) is 5.92 Å². The molecule has 0 aliphatic carbocycles. The Morgan fingerprint density at radius 1 is 0.935 bits per heavy atom. The Bertz CT molecular complexity index is 891. The molecule has 2 aromatic rings. The minimum absolute atomic E-state index is 0.119. The number of hydrogen-bond donors (Lipinski definition) is 0. The molecule has 4 rings (SSSR count). The molecule has 7 heteroatoms. The molecule has 164 valence electrons. The predicted molar refractivity (Wildman–Crippen MR) is 113 cm³/mol. The van der Waals surface area contributed by atoms with Gasteiger partial charge in [-0.3, -0.25) is 14.5 Å². The fraction of sp³-hybridized carbons (Fsp3) is 0.417. The highest BCUT2D eigenvalue weighted by molar-refractivity contribution is 5.85. The van der Waals surface area contributed by atoms with E-state index in [1.807, 2.05) is 48.5 Å². The number of esters is 2. The highest BCUT2D eigenvalue weighted by Gasteiger charge is 2.59. The van der Waals surface area contributed by atoms with Crippen molar-refractivity contribution in [2.75, 3.05) is 19.8 Å². The summed E-state index contributed by atoms with van der Waals surface area (Å²) in [6.45, 7) is 5.23. The van der Waals surface area contributed by atoms with Crippen molar-refractivity contribution in [1.29, 1.82) is 0 Å². The van der Waals surface area contributed by atoms with Crippen LogP contribution in [0.15, 0.2) is 60.7 Å². The van der Waals surface area contributed by atoms with E-state index in [1.165, 1.54) is 0 Å². The topological polar surface area (TPSA) is 68.3 Å². The first-order valence-electron chi connectivity index (χ1n) is 10.7. The van der Waals surface area contributed by atoms with Crippen LogP contribution in [0.1, 0.15) is 31.0 Å². The van der Waals surface area contributed by atoms with Crippen LogP contribution in [0.25, 0.3) is 0 Å². The standard InChI is InChI=1S/C24H28N2O5/c1-3-29-23(27)20-21(24(28)30-4-2)31-26-19(18-13-9-6-10-14-18)16-25(22(20)26)15-17-11-7-5-8-12-17/h5-14,19-22H,3-4,15-16H2,1-2H3/t19-,20+,21+,22+/m0/s1. The predicted octanol–water partition coefficient (Wildman–Crippen LogP) is 2.93. The van der Waals surface area contributed by atoms with Crippen molar-refractivity contribution in [2.45, 2.75) is 38.7 Å². The van der Waals surface area contributed by atoms with Crippen molar-refractivity contribution in [3.05, 3.63) is 71.8 Å². The highest BCUT2D eigenvalue weighted by atomic mass is 16.7. The van der Waals surface area contributed by atoms with Crippen LogP contribution in [0.3, 0.4) is 0 Å². The number of carbonyl (C=O) groups is 2. The first-order valence-corrected chi connectivity index (χ1v) is 10.7. The second kappa shape index (κ2) is 9.60. The second-order valence-corrected chi connectivity index (χ2v) is 7.67. The number of nitrogens with zero attached hydrogens (tertiary/aromatic N) is 2. The molecule has 31 heavy (non-hydrogen) atoms. The largest absolute Gasteiger partial charge is 0.466 e. The highest BCUT2D eigenvalue weighted by Crippen LogP contribution is 2.44. The van der Waals surface area contributed by atoms with Gasteiger partial charge in [0.2, 0.25) is 0 Å². The Labute approximate surface area is 182 Å². The van der Waals surface area contributed by atoms with Gasteiger partial charge >= 0.3 is 11.9 Å². The lowest BCUT2D eigenvalue weighted by atomic mass is 9.99. The summed E-state index contributed by atoms with van der Waals surface area (Å²) in [6.07, 6.45) is -1.47. The summed E-state index contributed by atoms with van der Waals surface area (Å²) in [4.78, 5) is 34.0. The SMILES string of the molecule is CCOC(=O)[C@H]1[C@@H]2N(Cc3ccccc3)C[C@@H](c3ccccc3)N2O[C@H]1C(=O)OCC. The van der Waals surface area contributed by atoms with Gasteiger partial charge in [-0.2, -0.15) is 5.06 Å². The van der Waals surface area contributed by atoms with E-state index in [4.69, 9.17) is 14.3 Å². The molecule has 2 heterocycles. The molecule has 2 aromatic carbocycles. The molecule has 0 spiro atoms. The Morgan fingerprint density at radius 2 is 1.55 bits per heavy atom. The number of hydroxylamine groups is 2. The summed E-state index contributed by atoms with van der Waals surface area (Å²) >= 11 is 0. The lowest BCUT2D eigenvalue weighted by Gasteiger charge is -2.27. The lowest BCUT2D eigenvalue weighted by Crippen LogP contribution is -2.45. The molecule has 0 bridgehead atoms. The van der Waals surface area contributed by atoms with Crippen LogP contribution in [0.4, 0.5) is 0 Å². The molecule has 2 aliphatic rings. The molecule has 2 aliphatic heterocycles. The van der Waals surface area contributed by atoms with Crippen molar-refractivity contribution >= 4 is 11.9 Å². The van der Waals surface area contributed by atoms with Gasteiger partial charge in [0, 0.05) is 13.1 Å². The third-order valence-corrected chi connectivity index (χ3v) is 5.72. The molecule has 0 amide bonds. The summed E-state index contributed by atoms with van der Waals surface area (Å²) in [5.74, 6) is -1.78. The normalized spacial score (nSPS) is 25.9. The molecular weight excluding hydrogens is 396 g/mol. The summed E-state index contributed by atoms with van der Waals surface area (Å²) in [7, 11) is 0. The molecule has 7 nitrogen and oxygen atoms in total. The smallest absolute Gasteiger partial charge is 0.338 e. The maximum absolute atomic E-state index is 13.0. The molecule has 2 fully saturated rings. The molecule has 0 N–H and O–H groups in total. The average Bonchev–Trinajstić information content (AvgIpc) is 3.34. The minimum Gasteiger partial charge on any atom is -0.466 e. The van der Waals surface area contributed by atoms with E-state index in [-0.39, 0.29) is 19.3 Å². The Hall–Kier alpha value is -2.74. The maximum Gasteiger partial charge on any atom is 0.338 e. The Morgan fingerprint density at radius 3 is 2.19 bits per heavy atom. The van der Waals surface area contributed by atoms with Gasteiger partial charge in [-0.25, -0.2) is 4.79 Å². The maximum atomic E-state index is 13.0. The molecule has 0 radical (unpaired) electrons. The van der Waals surface area contributed by atoms with Crippen LogP contribution < -0.4 is 0 Å². The fourth-order valence-corrected chi connectivity index (χ4v) is 4.43. The number of carbonyl (C=O) groups excluding carboxylic acids is 2. The number of rotatable bonds is 7. The summed E-state index contributed by atoms with van der Waals surface area (Å²) in [5, 5.41) is 1.79. The van der Waals surface area contributed by atoms with Crippen molar-refractivity contribution in [3.8, 4) is 0 Å². The third-order valence-electron chi connectivity index (χ3n) is 5.72. The monoisotopic (exact) mass is 424 g/mol. The average molecular weight is 424 g/mol. The number of fused-ring (bicyclic) bond motifs is 1. The van der Waals surface area contributed by atoms with Gasteiger partial charge in [-0.15, -0.1) is 0 Å². The van der Waals surface area contributed by atoms with Crippen LogP contribution in [0.2, 0.25) is 0 Å². The van der Waals surface area contributed by atoms with E-state index in [1.54, 1.807) is 18.9 Å². The van der Waals surface area contributed by atoms with E-state index in [2.05, 4.69) is 17.0 Å². The molecule has 2 saturated heterocycles. The molecule has 0 unspecified atom stereocenters. The van der Waals surface area contributed by atoms with Gasteiger partial charge in [0.15, 0.2) is 6.10 Å². The van der Waals surface area contributed by atoms with E-state index in [9.17, 15) is 9.59 Å². The van der Waals surface area contributed by atoms with Crippen LogP contribution in [-0.2, 0) is 30.4 Å². The van der Waals surface area contributed by atoms with Crippen LogP contribution >= 0.6 is 0 Å². The van der Waals surface area contributed by atoms with Crippen LogP contribution in [0, 0.1) is 5.92 Å². The zero-order chi connectivity index (χ0) is 21.8. The summed E-state index contributed by atoms with van der Waals surface area (Å²) in [5.41, 5.74) is 2.19. The zero-order valence-electron chi connectivity index (χ0n) is 17.8. The Balaban J connectivity index is 1.70. The van der Waals surface area contributed by atoms with Gasteiger partial charge in [-0.1, -0.05) is 60.7 Å². The van der Waals surface area contributed by atoms with E-state index < -0.39 is 30.1 Å². The van der Waals surface area contributed by atoms with E-state index in [0.29, 0.717) is 13.1 Å². The third kappa shape index (κ3) is 4.35. The van der Waals surface area contributed by atoms with E-state index in [0.717, 1.165) is 11.1 Å². The minimum atomic E-state index is -1.03. The number of ether oxygens (including phenoxy) is 2. The zero-order valence-corrected chi connectivity index (χ0v) is 17.8. The first-order chi connectivity index (χ1) is 15.1. The molecule has 0 aromatic heterocycles.